The van der Waals surface area contributed by atoms with E-state index in [0.29, 0.717) is 6.42 Å². The number of alkyl halides is 1. The van der Waals surface area contributed by atoms with Crippen molar-refractivity contribution < 1.29 is 4.79 Å². The Labute approximate surface area is 105 Å². The smallest absolute Gasteiger partial charge is 0.120 e. The van der Waals surface area contributed by atoms with Crippen molar-refractivity contribution in [2.45, 2.75) is 23.6 Å². The Kier molecular flexibility index (Phi) is 2.40. The van der Waals surface area contributed by atoms with E-state index in [-0.39, 0.29) is 10.8 Å². The standard InChI is InChI=1S/C14H12ClNO/c15-13-9-14(13,5-7-17)11-3-4-12-10(8-11)2-1-6-16-12/h1-4,6-8,13H,5,9H2. The number of pyridine rings is 1. The van der Waals surface area contributed by atoms with E-state index in [4.69, 9.17) is 11.6 Å². The second kappa shape index (κ2) is 3.81. The van der Waals surface area contributed by atoms with Crippen LogP contribution < -0.4 is 0 Å². The highest BCUT2D eigenvalue weighted by atomic mass is 35.5. The lowest BCUT2D eigenvalue weighted by Gasteiger charge is -2.13. The summed E-state index contributed by atoms with van der Waals surface area (Å²) in [6.07, 6.45) is 4.15. The number of aromatic nitrogens is 1. The summed E-state index contributed by atoms with van der Waals surface area (Å²) in [5, 5.41) is 1.19. The number of rotatable bonds is 3. The van der Waals surface area contributed by atoms with Gasteiger partial charge < -0.3 is 4.79 Å². The largest absolute Gasteiger partial charge is 0.303 e. The van der Waals surface area contributed by atoms with E-state index in [1.165, 1.54) is 0 Å². The molecule has 0 N–H and O–H groups in total. The van der Waals surface area contributed by atoms with Crippen LogP contribution in [0.1, 0.15) is 18.4 Å². The van der Waals surface area contributed by atoms with E-state index >= 15 is 0 Å². The Morgan fingerprint density at radius 2 is 2.29 bits per heavy atom. The molecule has 1 aliphatic carbocycles. The van der Waals surface area contributed by atoms with Gasteiger partial charge in [0, 0.05) is 28.8 Å². The van der Waals surface area contributed by atoms with Crippen LogP contribution in [0.15, 0.2) is 36.5 Å². The van der Waals surface area contributed by atoms with E-state index in [2.05, 4.69) is 11.1 Å². The minimum atomic E-state index is -0.132. The number of carbonyl (C=O) groups excluding carboxylic acids is 1. The molecule has 1 aromatic heterocycles. The lowest BCUT2D eigenvalue weighted by atomic mass is 9.92. The molecule has 0 aliphatic heterocycles. The van der Waals surface area contributed by atoms with E-state index in [1.54, 1.807) is 6.20 Å². The normalized spacial score (nSPS) is 27.0. The predicted molar refractivity (Wildman–Crippen MR) is 68.4 cm³/mol. The zero-order valence-electron chi connectivity index (χ0n) is 9.27. The first-order valence-corrected chi connectivity index (χ1v) is 6.13. The molecule has 86 valence electrons. The molecule has 0 amide bonds. The van der Waals surface area contributed by atoms with E-state index < -0.39 is 0 Å². The van der Waals surface area contributed by atoms with E-state index in [1.807, 2.05) is 24.3 Å². The first kappa shape index (κ1) is 10.7. The maximum Gasteiger partial charge on any atom is 0.120 e. The molecule has 3 heteroatoms. The van der Waals surface area contributed by atoms with Gasteiger partial charge in [-0.3, -0.25) is 4.98 Å². The molecule has 2 unspecified atom stereocenters. The molecule has 0 bridgehead atoms. The highest BCUT2D eigenvalue weighted by molar-refractivity contribution is 6.24. The molecule has 3 rings (SSSR count). The average Bonchev–Trinajstić information content (AvgIpc) is 3.01. The second-order valence-corrected chi connectivity index (χ2v) is 5.14. The van der Waals surface area contributed by atoms with Gasteiger partial charge in [-0.25, -0.2) is 0 Å². The summed E-state index contributed by atoms with van der Waals surface area (Å²) in [6, 6.07) is 10.1. The highest BCUT2D eigenvalue weighted by Crippen LogP contribution is 2.54. The monoisotopic (exact) mass is 245 g/mol. The molecule has 1 aliphatic rings. The van der Waals surface area contributed by atoms with Gasteiger partial charge in [0.15, 0.2) is 0 Å². The Hall–Kier alpha value is -1.41. The highest BCUT2D eigenvalue weighted by Gasteiger charge is 2.54. The third kappa shape index (κ3) is 1.64. The van der Waals surface area contributed by atoms with Crippen LogP contribution in [-0.4, -0.2) is 16.6 Å². The van der Waals surface area contributed by atoms with Crippen LogP contribution in [0.25, 0.3) is 10.9 Å². The maximum absolute atomic E-state index is 10.8. The molecular formula is C14H12ClNO. The molecular weight excluding hydrogens is 234 g/mol. The van der Waals surface area contributed by atoms with Crippen LogP contribution in [-0.2, 0) is 10.2 Å². The zero-order chi connectivity index (χ0) is 11.9. The second-order valence-electron chi connectivity index (χ2n) is 4.61. The van der Waals surface area contributed by atoms with Gasteiger partial charge >= 0.3 is 0 Å². The summed E-state index contributed by atoms with van der Waals surface area (Å²) in [5.74, 6) is 0. The first-order chi connectivity index (χ1) is 8.26. The molecule has 0 radical (unpaired) electrons. The van der Waals surface area contributed by atoms with Crippen LogP contribution in [0.4, 0.5) is 0 Å². The Morgan fingerprint density at radius 3 is 3.00 bits per heavy atom. The number of carbonyl (C=O) groups is 1. The summed E-state index contributed by atoms with van der Waals surface area (Å²) in [7, 11) is 0. The third-order valence-corrected chi connectivity index (χ3v) is 4.18. The SMILES string of the molecule is O=CCC1(c2ccc3ncccc3c2)CC1Cl. The van der Waals surface area contributed by atoms with E-state index in [0.717, 1.165) is 29.2 Å². The van der Waals surface area contributed by atoms with Crippen molar-refractivity contribution in [3.8, 4) is 0 Å². The molecule has 2 nitrogen and oxygen atoms in total. The molecule has 17 heavy (non-hydrogen) atoms. The number of aldehydes is 1. The average molecular weight is 246 g/mol. The Morgan fingerprint density at radius 1 is 1.47 bits per heavy atom. The zero-order valence-corrected chi connectivity index (χ0v) is 10.0. The van der Waals surface area contributed by atoms with Crippen molar-refractivity contribution in [1.29, 1.82) is 0 Å². The summed E-state index contributed by atoms with van der Waals surface area (Å²) in [5.41, 5.74) is 2.00. The van der Waals surface area contributed by atoms with Gasteiger partial charge in [-0.1, -0.05) is 12.1 Å². The van der Waals surface area contributed by atoms with Crippen LogP contribution in [0.2, 0.25) is 0 Å². The summed E-state index contributed by atoms with van der Waals surface area (Å²) in [4.78, 5) is 15.1. The molecule has 2 aromatic rings. The van der Waals surface area contributed by atoms with Gasteiger partial charge in [0.25, 0.3) is 0 Å². The lowest BCUT2D eigenvalue weighted by Crippen LogP contribution is -2.11. The Bertz CT molecular complexity index is 583. The first-order valence-electron chi connectivity index (χ1n) is 5.69. The van der Waals surface area contributed by atoms with Gasteiger partial charge in [0.05, 0.1) is 5.52 Å². The Balaban J connectivity index is 2.09. The minimum absolute atomic E-state index is 0.0850. The van der Waals surface area contributed by atoms with Gasteiger partial charge in [-0.2, -0.15) is 0 Å². The molecule has 0 saturated heterocycles. The van der Waals surface area contributed by atoms with E-state index in [9.17, 15) is 4.79 Å². The lowest BCUT2D eigenvalue weighted by molar-refractivity contribution is -0.108. The number of hydrogen-bond acceptors (Lipinski definition) is 2. The molecule has 0 spiro atoms. The fourth-order valence-electron chi connectivity index (χ4n) is 2.42. The van der Waals surface area contributed by atoms with Crippen molar-refractivity contribution in [1.82, 2.24) is 4.98 Å². The van der Waals surface area contributed by atoms with Crippen LogP contribution in [0, 0.1) is 0 Å². The van der Waals surface area contributed by atoms with Crippen LogP contribution in [0.5, 0.6) is 0 Å². The topological polar surface area (TPSA) is 30.0 Å². The van der Waals surface area contributed by atoms with Crippen molar-refractivity contribution in [2.24, 2.45) is 0 Å². The molecule has 1 saturated carbocycles. The number of hydrogen-bond donors (Lipinski definition) is 0. The summed E-state index contributed by atoms with van der Waals surface area (Å²) < 4.78 is 0. The van der Waals surface area contributed by atoms with Gasteiger partial charge in [0.2, 0.25) is 0 Å². The molecule has 1 aromatic carbocycles. The van der Waals surface area contributed by atoms with Gasteiger partial charge in [0.1, 0.15) is 6.29 Å². The minimum Gasteiger partial charge on any atom is -0.303 e. The van der Waals surface area contributed by atoms with Gasteiger partial charge in [-0.15, -0.1) is 11.6 Å². The fourth-order valence-corrected chi connectivity index (χ4v) is 2.91. The predicted octanol–water partition coefficient (Wildman–Crippen LogP) is 3.07. The number of halogens is 1. The number of benzene rings is 1. The number of fused-ring (bicyclic) bond motifs is 1. The maximum atomic E-state index is 10.8. The summed E-state index contributed by atoms with van der Waals surface area (Å²) >= 11 is 6.20. The quantitative estimate of drug-likeness (QED) is 0.615. The summed E-state index contributed by atoms with van der Waals surface area (Å²) in [6.45, 7) is 0. The van der Waals surface area contributed by atoms with Gasteiger partial charge in [-0.05, 0) is 30.2 Å². The fraction of sp³-hybridized carbons (Fsp3) is 0.286. The third-order valence-electron chi connectivity index (χ3n) is 3.61. The van der Waals surface area contributed by atoms with Crippen molar-refractivity contribution >= 4 is 28.8 Å². The number of nitrogens with zero attached hydrogens (tertiary/aromatic N) is 1. The van der Waals surface area contributed by atoms with Crippen molar-refractivity contribution in [3.05, 3.63) is 42.1 Å². The molecule has 2 atom stereocenters. The van der Waals surface area contributed by atoms with Crippen molar-refractivity contribution in [3.63, 3.8) is 0 Å². The molecule has 1 fully saturated rings. The molecule has 1 heterocycles. The van der Waals surface area contributed by atoms with Crippen LogP contribution >= 0.6 is 11.6 Å². The van der Waals surface area contributed by atoms with Crippen LogP contribution in [0.3, 0.4) is 0 Å². The van der Waals surface area contributed by atoms with Crippen molar-refractivity contribution in [2.75, 3.05) is 0 Å².